The number of hydrogen-bond donors (Lipinski definition) is 2. The Labute approximate surface area is 173 Å². The third-order valence-corrected chi connectivity index (χ3v) is 4.94. The van der Waals surface area contributed by atoms with Gasteiger partial charge in [0.25, 0.3) is 5.91 Å². The highest BCUT2D eigenvalue weighted by atomic mass is 16.6. The van der Waals surface area contributed by atoms with Crippen molar-refractivity contribution < 1.29 is 19.1 Å². The van der Waals surface area contributed by atoms with Crippen molar-refractivity contribution in [2.24, 2.45) is 5.73 Å². The molecule has 160 valence electrons. The van der Waals surface area contributed by atoms with E-state index in [2.05, 4.69) is 5.32 Å². The maximum atomic E-state index is 12.8. The van der Waals surface area contributed by atoms with Crippen molar-refractivity contribution in [2.75, 3.05) is 13.1 Å². The fraction of sp³-hybridized carbons (Fsp3) is 0.591. The number of rotatable bonds is 6. The monoisotopic (exact) mass is 403 g/mol. The van der Waals surface area contributed by atoms with Crippen LogP contribution in [0.2, 0.25) is 0 Å². The highest BCUT2D eigenvalue weighted by Crippen LogP contribution is 2.23. The quantitative estimate of drug-likeness (QED) is 0.710. The minimum Gasteiger partial charge on any atom is -0.444 e. The molecule has 0 radical (unpaired) electrons. The standard InChI is InChI=1S/C22H33N3O4/c1-22(2,3)29-21(28)25(18-11-6-4-5-7-12-18)14-13-24-20(27)17-10-8-9-16(15-17)19(23)26/h8-10,15,18H,4-7,11-14H2,1-3H3,(H2,23,26)(H,24,27). The number of ether oxygens (including phenoxy) is 1. The summed E-state index contributed by atoms with van der Waals surface area (Å²) in [5, 5.41) is 2.83. The lowest BCUT2D eigenvalue weighted by Crippen LogP contribution is -2.46. The number of carbonyl (C=O) groups is 3. The maximum Gasteiger partial charge on any atom is 0.410 e. The largest absolute Gasteiger partial charge is 0.444 e. The molecule has 2 rings (SSSR count). The van der Waals surface area contributed by atoms with Crippen LogP contribution in [-0.2, 0) is 4.74 Å². The Hall–Kier alpha value is -2.57. The Balaban J connectivity index is 2.01. The minimum atomic E-state index is -0.580. The summed E-state index contributed by atoms with van der Waals surface area (Å²) in [7, 11) is 0. The first kappa shape index (κ1) is 22.7. The van der Waals surface area contributed by atoms with E-state index in [-0.39, 0.29) is 23.6 Å². The molecule has 1 aliphatic rings. The predicted molar refractivity (Wildman–Crippen MR) is 112 cm³/mol. The van der Waals surface area contributed by atoms with Crippen molar-refractivity contribution in [3.63, 3.8) is 0 Å². The Morgan fingerprint density at radius 1 is 1.10 bits per heavy atom. The lowest BCUT2D eigenvalue weighted by molar-refractivity contribution is 0.0146. The molecule has 1 aromatic rings. The van der Waals surface area contributed by atoms with Crippen LogP contribution >= 0.6 is 0 Å². The molecule has 1 aromatic carbocycles. The summed E-state index contributed by atoms with van der Waals surface area (Å²) in [6.45, 7) is 6.23. The van der Waals surface area contributed by atoms with Crippen LogP contribution < -0.4 is 11.1 Å². The molecule has 29 heavy (non-hydrogen) atoms. The van der Waals surface area contributed by atoms with E-state index in [4.69, 9.17) is 10.5 Å². The van der Waals surface area contributed by atoms with Crippen LogP contribution in [-0.4, -0.2) is 47.5 Å². The van der Waals surface area contributed by atoms with Gasteiger partial charge in [0.05, 0.1) is 0 Å². The van der Waals surface area contributed by atoms with E-state index in [1.807, 2.05) is 20.8 Å². The van der Waals surface area contributed by atoms with Crippen LogP contribution in [0, 0.1) is 0 Å². The van der Waals surface area contributed by atoms with Crippen molar-refractivity contribution in [2.45, 2.75) is 70.9 Å². The number of benzene rings is 1. The Bertz CT molecular complexity index is 719. The van der Waals surface area contributed by atoms with Gasteiger partial charge in [0.1, 0.15) is 5.60 Å². The van der Waals surface area contributed by atoms with Gasteiger partial charge in [-0.25, -0.2) is 4.79 Å². The number of nitrogens with one attached hydrogen (secondary N) is 1. The fourth-order valence-electron chi connectivity index (χ4n) is 3.52. The van der Waals surface area contributed by atoms with Gasteiger partial charge in [-0.2, -0.15) is 0 Å². The summed E-state index contributed by atoms with van der Waals surface area (Å²) >= 11 is 0. The van der Waals surface area contributed by atoms with Crippen molar-refractivity contribution in [3.8, 4) is 0 Å². The zero-order valence-corrected chi connectivity index (χ0v) is 17.7. The van der Waals surface area contributed by atoms with Crippen LogP contribution in [0.1, 0.15) is 80.0 Å². The molecule has 0 unspecified atom stereocenters. The third-order valence-electron chi connectivity index (χ3n) is 4.94. The van der Waals surface area contributed by atoms with E-state index in [0.717, 1.165) is 25.7 Å². The first-order chi connectivity index (χ1) is 13.7. The highest BCUT2D eigenvalue weighted by Gasteiger charge is 2.28. The molecule has 0 bridgehead atoms. The van der Waals surface area contributed by atoms with Gasteiger partial charge in [-0.15, -0.1) is 0 Å². The smallest absolute Gasteiger partial charge is 0.410 e. The summed E-state index contributed by atoms with van der Waals surface area (Å²) in [6, 6.07) is 6.40. The fourth-order valence-corrected chi connectivity index (χ4v) is 3.52. The van der Waals surface area contributed by atoms with Gasteiger partial charge in [0.15, 0.2) is 0 Å². The highest BCUT2D eigenvalue weighted by molar-refractivity contribution is 5.99. The molecule has 0 saturated heterocycles. The van der Waals surface area contributed by atoms with E-state index in [1.54, 1.807) is 23.1 Å². The van der Waals surface area contributed by atoms with Crippen LogP contribution in [0.4, 0.5) is 4.79 Å². The van der Waals surface area contributed by atoms with E-state index < -0.39 is 11.5 Å². The molecule has 0 aliphatic heterocycles. The second-order valence-electron chi connectivity index (χ2n) is 8.52. The number of nitrogens with zero attached hydrogens (tertiary/aromatic N) is 1. The molecule has 1 aliphatic carbocycles. The van der Waals surface area contributed by atoms with Gasteiger partial charge in [-0.05, 0) is 51.8 Å². The molecule has 0 heterocycles. The average Bonchev–Trinajstić information content (AvgIpc) is 2.93. The summed E-state index contributed by atoms with van der Waals surface area (Å²) < 4.78 is 5.60. The molecule has 0 atom stereocenters. The predicted octanol–water partition coefficient (Wildman–Crippen LogP) is 3.48. The maximum absolute atomic E-state index is 12.8. The summed E-state index contributed by atoms with van der Waals surface area (Å²) in [4.78, 5) is 38.3. The topological polar surface area (TPSA) is 102 Å². The second kappa shape index (κ2) is 10.3. The normalized spacial score (nSPS) is 15.3. The molecule has 7 heteroatoms. The lowest BCUT2D eigenvalue weighted by Gasteiger charge is -2.33. The lowest BCUT2D eigenvalue weighted by atomic mass is 10.1. The van der Waals surface area contributed by atoms with Gasteiger partial charge >= 0.3 is 6.09 Å². The van der Waals surface area contributed by atoms with Gasteiger partial charge in [-0.3, -0.25) is 9.59 Å². The number of nitrogens with two attached hydrogens (primary N) is 1. The molecule has 1 saturated carbocycles. The molecule has 1 fully saturated rings. The van der Waals surface area contributed by atoms with Crippen molar-refractivity contribution >= 4 is 17.9 Å². The number of hydrogen-bond acceptors (Lipinski definition) is 4. The Morgan fingerprint density at radius 2 is 1.72 bits per heavy atom. The third kappa shape index (κ3) is 7.40. The molecular weight excluding hydrogens is 370 g/mol. The molecule has 0 aromatic heterocycles. The van der Waals surface area contributed by atoms with E-state index in [9.17, 15) is 14.4 Å². The summed E-state index contributed by atoms with van der Waals surface area (Å²) in [6.07, 6.45) is 6.13. The second-order valence-corrected chi connectivity index (χ2v) is 8.52. The molecule has 7 nitrogen and oxygen atoms in total. The van der Waals surface area contributed by atoms with E-state index in [0.29, 0.717) is 18.7 Å². The minimum absolute atomic E-state index is 0.127. The first-order valence-electron chi connectivity index (χ1n) is 10.3. The summed E-state index contributed by atoms with van der Waals surface area (Å²) in [5.74, 6) is -0.887. The van der Waals surface area contributed by atoms with Gasteiger partial charge in [0.2, 0.25) is 5.91 Å². The SMILES string of the molecule is CC(C)(C)OC(=O)N(CCNC(=O)c1cccc(C(N)=O)c1)C1CCCCCC1. The van der Waals surface area contributed by atoms with Crippen molar-refractivity contribution in [3.05, 3.63) is 35.4 Å². The number of amides is 3. The average molecular weight is 404 g/mol. The molecule has 0 spiro atoms. The van der Waals surface area contributed by atoms with E-state index in [1.165, 1.54) is 18.9 Å². The van der Waals surface area contributed by atoms with Crippen LogP contribution in [0.25, 0.3) is 0 Å². The summed E-state index contributed by atoms with van der Waals surface area (Å²) in [5.41, 5.74) is 5.35. The van der Waals surface area contributed by atoms with Gasteiger partial charge in [-0.1, -0.05) is 31.7 Å². The zero-order valence-electron chi connectivity index (χ0n) is 17.7. The van der Waals surface area contributed by atoms with Crippen LogP contribution in [0.5, 0.6) is 0 Å². The zero-order chi connectivity index (χ0) is 21.4. The molecule has 3 amide bonds. The Morgan fingerprint density at radius 3 is 2.31 bits per heavy atom. The Kier molecular flexibility index (Phi) is 8.05. The van der Waals surface area contributed by atoms with E-state index >= 15 is 0 Å². The molecular formula is C22H33N3O4. The van der Waals surface area contributed by atoms with Gasteiger partial charge < -0.3 is 20.7 Å². The van der Waals surface area contributed by atoms with Crippen molar-refractivity contribution in [1.82, 2.24) is 10.2 Å². The molecule has 3 N–H and O–H groups in total. The van der Waals surface area contributed by atoms with Crippen LogP contribution in [0.3, 0.4) is 0 Å². The van der Waals surface area contributed by atoms with Crippen LogP contribution in [0.15, 0.2) is 24.3 Å². The number of carbonyl (C=O) groups excluding carboxylic acids is 3. The first-order valence-corrected chi connectivity index (χ1v) is 10.3. The number of primary amides is 1. The van der Waals surface area contributed by atoms with Crippen molar-refractivity contribution in [1.29, 1.82) is 0 Å². The van der Waals surface area contributed by atoms with Gasteiger partial charge in [0, 0.05) is 30.3 Å².